The lowest BCUT2D eigenvalue weighted by molar-refractivity contribution is -0.141. The number of halogens is 1. The number of aromatic amines is 1. The van der Waals surface area contributed by atoms with Crippen molar-refractivity contribution >= 4 is 64.0 Å². The van der Waals surface area contributed by atoms with Gasteiger partial charge in [-0.2, -0.15) is 0 Å². The van der Waals surface area contributed by atoms with Crippen LogP contribution in [0, 0.1) is 11.7 Å². The third-order valence-electron chi connectivity index (χ3n) is 14.3. The third-order valence-corrected chi connectivity index (χ3v) is 14.3. The zero-order valence-corrected chi connectivity index (χ0v) is 47.2. The van der Waals surface area contributed by atoms with Crippen LogP contribution < -0.4 is 49.1 Å². The van der Waals surface area contributed by atoms with E-state index in [1.54, 1.807) is 12.3 Å². The Morgan fingerprint density at radius 2 is 1.19 bits per heavy atom. The third kappa shape index (κ3) is 19.4. The number of nitrogens with two attached hydrogens (primary N) is 3. The number of aliphatic hydroxyl groups is 1. The molecule has 23 nitrogen and oxygen atoms in total. The summed E-state index contributed by atoms with van der Waals surface area (Å²) < 4.78 is 13.6. The lowest BCUT2D eigenvalue weighted by atomic mass is 9.99. The van der Waals surface area contributed by atoms with E-state index in [-0.39, 0.29) is 107 Å². The highest BCUT2D eigenvalue weighted by molar-refractivity contribution is 5.98. The molecule has 7 amide bonds. The largest absolute Gasteiger partial charge is 0.508 e. The zero-order chi connectivity index (χ0) is 60.9. The average molecular weight is 1160 g/mol. The molecule has 450 valence electrons. The number of para-hydroxylation sites is 1. The predicted octanol–water partition coefficient (Wildman–Crippen LogP) is 1.29. The quantitative estimate of drug-likeness (QED) is 0.0169. The number of hydrogen-bond acceptors (Lipinski definition) is 13. The smallest absolute Gasteiger partial charge is 0.245 e. The molecular formula is C60H77FN12O11. The number of guanidine groups is 1. The lowest BCUT2D eigenvalue weighted by Crippen LogP contribution is -2.61. The van der Waals surface area contributed by atoms with Crippen molar-refractivity contribution in [1.82, 2.24) is 41.8 Å². The summed E-state index contributed by atoms with van der Waals surface area (Å²) in [5.41, 5.74) is 19.7. The Morgan fingerprint density at radius 3 is 1.77 bits per heavy atom. The normalized spacial score (nSPS) is 15.2. The average Bonchev–Trinajstić information content (AvgIpc) is 4.04. The number of aromatic nitrogens is 1. The van der Waals surface area contributed by atoms with Gasteiger partial charge in [0, 0.05) is 62.3 Å². The molecule has 1 aliphatic heterocycles. The number of aryl methyl sites for hydroxylation is 1. The maximum atomic E-state index is 14.9. The fourth-order valence-corrected chi connectivity index (χ4v) is 9.95. The molecular weight excluding hydrogens is 1080 g/mol. The molecule has 1 aromatic heterocycles. The number of aromatic hydroxyl groups is 2. The molecule has 1 aliphatic rings. The van der Waals surface area contributed by atoms with Crippen LogP contribution in [0.4, 0.5) is 4.39 Å². The Bertz CT molecular complexity index is 3080. The Balaban J connectivity index is 1.26. The molecule has 1 saturated heterocycles. The Morgan fingerprint density at radius 1 is 0.667 bits per heavy atom. The fourth-order valence-electron chi connectivity index (χ4n) is 9.95. The van der Waals surface area contributed by atoms with Gasteiger partial charge in [-0.1, -0.05) is 68.4 Å². The van der Waals surface area contributed by atoms with Crippen molar-refractivity contribution in [2.75, 3.05) is 26.2 Å². The molecule has 84 heavy (non-hydrogen) atoms. The molecule has 5 aromatic rings. The van der Waals surface area contributed by atoms with Crippen LogP contribution in [0.25, 0.3) is 10.9 Å². The molecule has 4 aromatic carbocycles. The van der Waals surface area contributed by atoms with Gasteiger partial charge in [0.1, 0.15) is 53.6 Å². The first-order valence-corrected chi connectivity index (χ1v) is 28.1. The number of ketones is 1. The van der Waals surface area contributed by atoms with Crippen molar-refractivity contribution in [3.05, 3.63) is 131 Å². The highest BCUT2D eigenvalue weighted by atomic mass is 19.1. The van der Waals surface area contributed by atoms with Crippen molar-refractivity contribution < 1.29 is 58.1 Å². The van der Waals surface area contributed by atoms with Gasteiger partial charge in [0.15, 0.2) is 11.7 Å². The number of hydrogen-bond donors (Lipinski definition) is 13. The molecule has 0 unspecified atom stereocenters. The number of H-pyrrole nitrogens is 1. The highest BCUT2D eigenvalue weighted by Gasteiger charge is 2.39. The van der Waals surface area contributed by atoms with E-state index in [2.05, 4.69) is 41.9 Å². The number of nitrogens with zero attached hydrogens (tertiary/aromatic N) is 2. The van der Waals surface area contributed by atoms with Gasteiger partial charge in [-0.15, -0.1) is 0 Å². The van der Waals surface area contributed by atoms with Crippen molar-refractivity contribution in [3.8, 4) is 11.5 Å². The van der Waals surface area contributed by atoms with Gasteiger partial charge < -0.3 is 74.3 Å². The second kappa shape index (κ2) is 31.5. The number of phenolic OH excluding ortho intramolecular Hbond substituents is 2. The van der Waals surface area contributed by atoms with Crippen LogP contribution >= 0.6 is 0 Å². The van der Waals surface area contributed by atoms with Gasteiger partial charge in [-0.05, 0) is 116 Å². The SMILES string of the molecule is CC(C)C[C@H](NC(=O)[C@@H](Cc1c[nH]c2ccccc12)NC(=O)[C@H](Cc1ccc(O)cc1)NC(=O)[C@H](CO)NC(=O)[C@@H](Cc1ccc(O)cc1)NC(=O)CCc1ccc(F)cc1)C(=O)N[C@@H](CCCN=C(N)N)C(=O)N1CCC[C@H]1C(=O)CCN. The zero-order valence-electron chi connectivity index (χ0n) is 47.2. The van der Waals surface area contributed by atoms with Gasteiger partial charge in [-0.25, -0.2) is 4.39 Å². The number of Topliss-reactive ketones (excluding diaryl/α,β-unsaturated/α-hetero) is 1. The van der Waals surface area contributed by atoms with Gasteiger partial charge >= 0.3 is 0 Å². The number of amides is 7. The predicted molar refractivity (Wildman–Crippen MR) is 312 cm³/mol. The summed E-state index contributed by atoms with van der Waals surface area (Å²) in [5.74, 6) is -6.57. The molecule has 0 bridgehead atoms. The maximum Gasteiger partial charge on any atom is 0.245 e. The molecule has 0 spiro atoms. The number of fused-ring (bicyclic) bond motifs is 1. The van der Waals surface area contributed by atoms with E-state index in [0.717, 1.165) is 10.9 Å². The van der Waals surface area contributed by atoms with E-state index in [9.17, 15) is 58.1 Å². The number of carbonyl (C=O) groups is 8. The Hall–Kier alpha value is -8.90. The van der Waals surface area contributed by atoms with Crippen LogP contribution in [0.5, 0.6) is 11.5 Å². The standard InChI is InChI=1S/C60H77FN12O11/c1-35(2)29-46(54(79)68-45(9-5-27-65-60(63)64)59(84)73-28-6-10-51(73)52(77)25-26-62)69-57(82)49(32-39-33-66-44-8-4-3-7-43(39)44)71-56(81)48(31-38-15-22-42(76)23-16-38)70-58(83)50(34-74)72-55(80)47(30-37-13-20-41(75)21-14-37)67-53(78)24-17-36-11-18-40(61)19-12-36/h3-4,7-8,11-16,18-23,33,35,45-51,66,74-76H,5-6,9-10,17,24-32,34,62H2,1-2H3,(H,67,78)(H,68,79)(H,69,82)(H,70,83)(H,71,81)(H,72,80)(H4,63,64,65)/t45-,46-,47+,48-,49+,50-,51-/m0/s1. The van der Waals surface area contributed by atoms with Crippen molar-refractivity contribution in [3.63, 3.8) is 0 Å². The molecule has 24 heteroatoms. The van der Waals surface area contributed by atoms with E-state index < -0.39 is 96.1 Å². The van der Waals surface area contributed by atoms with Crippen LogP contribution in [0.1, 0.15) is 81.0 Å². The molecule has 16 N–H and O–H groups in total. The van der Waals surface area contributed by atoms with Crippen molar-refractivity contribution in [2.24, 2.45) is 28.1 Å². The summed E-state index contributed by atoms with van der Waals surface area (Å²) in [6, 6.07) is 15.2. The van der Waals surface area contributed by atoms with E-state index in [4.69, 9.17) is 17.2 Å². The summed E-state index contributed by atoms with van der Waals surface area (Å²) in [4.78, 5) is 122. The number of likely N-dealkylation sites (tertiary alicyclic amines) is 1. The van der Waals surface area contributed by atoms with Gasteiger partial charge in [0.2, 0.25) is 41.4 Å². The minimum Gasteiger partial charge on any atom is -0.508 e. The van der Waals surface area contributed by atoms with Gasteiger partial charge in [0.05, 0.1) is 12.6 Å². The number of phenols is 2. The van der Waals surface area contributed by atoms with E-state index in [1.165, 1.54) is 77.7 Å². The first-order valence-electron chi connectivity index (χ1n) is 28.1. The molecule has 6 rings (SSSR count). The van der Waals surface area contributed by atoms with Crippen molar-refractivity contribution in [1.29, 1.82) is 0 Å². The van der Waals surface area contributed by atoms with Crippen LogP contribution in [0.2, 0.25) is 0 Å². The maximum absolute atomic E-state index is 14.9. The summed E-state index contributed by atoms with van der Waals surface area (Å²) in [6.45, 7) is 3.19. The van der Waals surface area contributed by atoms with Crippen molar-refractivity contribution in [2.45, 2.75) is 127 Å². The molecule has 1 fully saturated rings. The number of carbonyl (C=O) groups excluding carboxylic acids is 8. The number of nitrogens with one attached hydrogen (secondary N) is 7. The van der Waals surface area contributed by atoms with Gasteiger partial charge in [0.25, 0.3) is 0 Å². The van der Waals surface area contributed by atoms with E-state index in [1.807, 2.05) is 32.0 Å². The lowest BCUT2D eigenvalue weighted by Gasteiger charge is -2.30. The number of benzene rings is 4. The van der Waals surface area contributed by atoms with Crippen LogP contribution in [0.15, 0.2) is 108 Å². The number of aliphatic hydroxyl groups excluding tert-OH is 1. The summed E-state index contributed by atoms with van der Waals surface area (Å²) in [7, 11) is 0. The Kier molecular flexibility index (Phi) is 24.1. The molecule has 2 heterocycles. The monoisotopic (exact) mass is 1160 g/mol. The molecule has 0 radical (unpaired) electrons. The minimum absolute atomic E-state index is 0.0488. The van der Waals surface area contributed by atoms with E-state index >= 15 is 0 Å². The number of rotatable bonds is 31. The summed E-state index contributed by atoms with van der Waals surface area (Å²) in [5, 5.41) is 47.6. The molecule has 0 saturated carbocycles. The first-order chi connectivity index (χ1) is 40.2. The summed E-state index contributed by atoms with van der Waals surface area (Å²) >= 11 is 0. The second-order valence-electron chi connectivity index (χ2n) is 21.3. The first kappa shape index (κ1) is 64.3. The summed E-state index contributed by atoms with van der Waals surface area (Å²) in [6.07, 6.45) is 2.73. The molecule has 7 atom stereocenters. The second-order valence-corrected chi connectivity index (χ2v) is 21.3. The van der Waals surface area contributed by atoms with E-state index in [0.29, 0.717) is 35.1 Å². The van der Waals surface area contributed by atoms with Crippen LogP contribution in [-0.2, 0) is 64.0 Å². The molecule has 0 aliphatic carbocycles. The van der Waals surface area contributed by atoms with Crippen LogP contribution in [0.3, 0.4) is 0 Å². The topological polar surface area (TPSA) is 379 Å². The fraction of sp³-hybridized carbons (Fsp3) is 0.417. The minimum atomic E-state index is -1.71. The highest BCUT2D eigenvalue weighted by Crippen LogP contribution is 2.23. The van der Waals surface area contributed by atoms with Gasteiger partial charge in [-0.3, -0.25) is 43.3 Å². The Labute approximate surface area is 486 Å². The van der Waals surface area contributed by atoms with Crippen LogP contribution in [-0.4, -0.2) is 147 Å². The number of aliphatic imine (C=N–C) groups is 1.